The third-order valence-electron chi connectivity index (χ3n) is 1.94. The van der Waals surface area contributed by atoms with E-state index in [-0.39, 0.29) is 0 Å². The first-order valence-electron chi connectivity index (χ1n) is 4.34. The van der Waals surface area contributed by atoms with Crippen LogP contribution in [-0.4, -0.2) is 24.3 Å². The van der Waals surface area contributed by atoms with Crippen LogP contribution in [0.1, 0.15) is 10.4 Å². The van der Waals surface area contributed by atoms with Crippen molar-refractivity contribution in [3.63, 3.8) is 0 Å². The molecule has 0 spiro atoms. The Morgan fingerprint density at radius 1 is 1.40 bits per heavy atom. The van der Waals surface area contributed by atoms with Crippen LogP contribution in [0.5, 0.6) is 11.5 Å². The molecule has 1 amide bonds. The molecule has 0 saturated heterocycles. The topological polar surface area (TPSA) is 47.9 Å². The molecule has 0 saturated carbocycles. The van der Waals surface area contributed by atoms with Crippen molar-refractivity contribution in [3.05, 3.63) is 23.8 Å². The number of amides is 1. The fourth-order valence-corrected chi connectivity index (χ4v) is 1.43. The Morgan fingerprint density at radius 2 is 2.20 bits per heavy atom. The number of carbonyl (C=O) groups is 1. The van der Waals surface area contributed by atoms with E-state index in [1.807, 2.05) is 5.16 Å². The first-order chi connectivity index (χ1) is 7.33. The Kier molecular flexibility index (Phi) is 2.76. The molecule has 0 atom stereocenters. The van der Waals surface area contributed by atoms with Crippen LogP contribution in [0.25, 0.3) is 0 Å². The minimum Gasteiger partial charge on any atom is -0.486 e. The zero-order chi connectivity index (χ0) is 10.7. The van der Waals surface area contributed by atoms with Gasteiger partial charge in [-0.1, -0.05) is 6.07 Å². The van der Waals surface area contributed by atoms with Gasteiger partial charge < -0.3 is 9.47 Å². The maximum Gasteiger partial charge on any atom is 0.289 e. The van der Waals surface area contributed by atoms with Crippen LogP contribution in [0.3, 0.4) is 0 Å². The molecule has 4 nitrogen and oxygen atoms in total. The van der Waals surface area contributed by atoms with Gasteiger partial charge in [0.2, 0.25) is 0 Å². The highest BCUT2D eigenvalue weighted by atomic mass is 32.1. The summed E-state index contributed by atoms with van der Waals surface area (Å²) in [4.78, 5) is 14.9. The number of aliphatic imine (C=N–C) groups is 1. The second-order valence-corrected chi connectivity index (χ2v) is 3.02. The standard InChI is InChI=1S/C10H7NO3S/c12-10(11-6-15)7-2-1-3-8-9(7)14-5-4-13-8/h1-3H,4-5H2. The number of ether oxygens (including phenoxy) is 2. The van der Waals surface area contributed by atoms with Crippen molar-refractivity contribution in [1.29, 1.82) is 0 Å². The third-order valence-corrected chi connectivity index (χ3v) is 2.04. The largest absolute Gasteiger partial charge is 0.486 e. The summed E-state index contributed by atoms with van der Waals surface area (Å²) in [6.45, 7) is 0.916. The molecule has 15 heavy (non-hydrogen) atoms. The molecule has 2 rings (SSSR count). The van der Waals surface area contributed by atoms with Crippen molar-refractivity contribution in [2.45, 2.75) is 0 Å². The average Bonchev–Trinajstić information content (AvgIpc) is 2.28. The zero-order valence-electron chi connectivity index (χ0n) is 7.73. The maximum absolute atomic E-state index is 11.5. The highest BCUT2D eigenvalue weighted by molar-refractivity contribution is 7.78. The molecule has 5 heteroatoms. The number of para-hydroxylation sites is 1. The molecule has 0 bridgehead atoms. The van der Waals surface area contributed by atoms with Crippen molar-refractivity contribution in [2.75, 3.05) is 13.2 Å². The van der Waals surface area contributed by atoms with Gasteiger partial charge in [-0.2, -0.15) is 4.99 Å². The molecule has 1 aromatic rings. The highest BCUT2D eigenvalue weighted by Crippen LogP contribution is 2.33. The molecule has 0 fully saturated rings. The Labute approximate surface area is 91.5 Å². The van der Waals surface area contributed by atoms with Crippen LogP contribution in [0, 0.1) is 0 Å². The fourth-order valence-electron chi connectivity index (χ4n) is 1.34. The molecule has 0 aromatic heterocycles. The van der Waals surface area contributed by atoms with Crippen LogP contribution >= 0.6 is 12.2 Å². The lowest BCUT2D eigenvalue weighted by molar-refractivity contribution is 0.0992. The van der Waals surface area contributed by atoms with Crippen LogP contribution in [-0.2, 0) is 0 Å². The Balaban J connectivity index is 2.47. The number of fused-ring (bicyclic) bond motifs is 1. The highest BCUT2D eigenvalue weighted by Gasteiger charge is 2.19. The van der Waals surface area contributed by atoms with E-state index >= 15 is 0 Å². The quantitative estimate of drug-likeness (QED) is 0.535. The monoisotopic (exact) mass is 221 g/mol. The van der Waals surface area contributed by atoms with Gasteiger partial charge in [-0.3, -0.25) is 4.79 Å². The molecule has 76 valence electrons. The first-order valence-corrected chi connectivity index (χ1v) is 4.74. The lowest BCUT2D eigenvalue weighted by atomic mass is 10.1. The van der Waals surface area contributed by atoms with Gasteiger partial charge in [-0.25, -0.2) is 0 Å². The van der Waals surface area contributed by atoms with E-state index in [1.165, 1.54) is 0 Å². The molecule has 0 N–H and O–H groups in total. The van der Waals surface area contributed by atoms with E-state index in [0.29, 0.717) is 30.3 Å². The van der Waals surface area contributed by atoms with Crippen LogP contribution in [0.2, 0.25) is 0 Å². The molecular formula is C10H7NO3S. The number of carbonyl (C=O) groups excluding carboxylic acids is 1. The van der Waals surface area contributed by atoms with Crippen molar-refractivity contribution >= 4 is 23.3 Å². The number of hydrogen-bond donors (Lipinski definition) is 0. The summed E-state index contributed by atoms with van der Waals surface area (Å²) in [6, 6.07) is 5.07. The second-order valence-electron chi connectivity index (χ2n) is 2.84. The maximum atomic E-state index is 11.5. The summed E-state index contributed by atoms with van der Waals surface area (Å²) < 4.78 is 10.7. The van der Waals surface area contributed by atoms with Gasteiger partial charge in [-0.15, -0.1) is 0 Å². The number of nitrogens with zero attached hydrogens (tertiary/aromatic N) is 1. The van der Waals surface area contributed by atoms with Gasteiger partial charge in [0.1, 0.15) is 13.2 Å². The predicted molar refractivity (Wildman–Crippen MR) is 56.8 cm³/mol. The average molecular weight is 221 g/mol. The molecule has 0 aliphatic carbocycles. The summed E-state index contributed by atoms with van der Waals surface area (Å²) in [7, 11) is 0. The lowest BCUT2D eigenvalue weighted by Crippen LogP contribution is -2.17. The van der Waals surface area contributed by atoms with Gasteiger partial charge in [0.25, 0.3) is 5.91 Å². The molecule has 1 heterocycles. The second kappa shape index (κ2) is 4.21. The van der Waals surface area contributed by atoms with Crippen LogP contribution in [0.4, 0.5) is 0 Å². The minimum absolute atomic E-state index is 0.351. The molecule has 0 radical (unpaired) electrons. The predicted octanol–water partition coefficient (Wildman–Crippen LogP) is 1.70. The van der Waals surface area contributed by atoms with E-state index in [0.717, 1.165) is 0 Å². The molecule has 1 aromatic carbocycles. The summed E-state index contributed by atoms with van der Waals surface area (Å²) in [5, 5.41) is 2.04. The van der Waals surface area contributed by atoms with Gasteiger partial charge in [-0.05, 0) is 24.4 Å². The minimum atomic E-state index is -0.465. The summed E-state index contributed by atoms with van der Waals surface area (Å²) in [5.41, 5.74) is 0.351. The third kappa shape index (κ3) is 1.88. The SMILES string of the molecule is O=C(N=C=S)c1cccc2c1OCCO2. The van der Waals surface area contributed by atoms with E-state index in [9.17, 15) is 4.79 Å². The van der Waals surface area contributed by atoms with Crippen LogP contribution in [0.15, 0.2) is 23.2 Å². The van der Waals surface area contributed by atoms with Crippen molar-refractivity contribution in [1.82, 2.24) is 0 Å². The molecule has 0 unspecified atom stereocenters. The molecular weight excluding hydrogens is 214 g/mol. The number of isothiocyanates is 1. The van der Waals surface area contributed by atoms with Crippen molar-refractivity contribution in [2.24, 2.45) is 4.99 Å². The Hall–Kier alpha value is -1.71. The Morgan fingerprint density at radius 3 is 3.00 bits per heavy atom. The zero-order valence-corrected chi connectivity index (χ0v) is 8.54. The number of rotatable bonds is 1. The van der Waals surface area contributed by atoms with E-state index in [4.69, 9.17) is 9.47 Å². The number of hydrogen-bond acceptors (Lipinski definition) is 4. The van der Waals surface area contributed by atoms with Gasteiger partial charge in [0, 0.05) is 0 Å². The normalized spacial score (nSPS) is 12.8. The molecule has 1 aliphatic rings. The van der Waals surface area contributed by atoms with Crippen molar-refractivity contribution in [3.8, 4) is 11.5 Å². The number of thiocarbonyl (C=S) groups is 1. The number of benzene rings is 1. The van der Waals surface area contributed by atoms with Gasteiger partial charge >= 0.3 is 0 Å². The smallest absolute Gasteiger partial charge is 0.289 e. The van der Waals surface area contributed by atoms with E-state index in [2.05, 4.69) is 17.2 Å². The summed E-state index contributed by atoms with van der Waals surface area (Å²) >= 11 is 4.37. The van der Waals surface area contributed by atoms with E-state index in [1.54, 1.807) is 18.2 Å². The first kappa shape index (κ1) is 9.83. The summed E-state index contributed by atoms with van der Waals surface area (Å²) in [5.74, 6) is 0.529. The lowest BCUT2D eigenvalue weighted by Gasteiger charge is -2.19. The van der Waals surface area contributed by atoms with Crippen LogP contribution < -0.4 is 9.47 Å². The Bertz CT molecular complexity index is 452. The van der Waals surface area contributed by atoms with Gasteiger partial charge in [0.05, 0.1) is 10.7 Å². The molecule has 1 aliphatic heterocycles. The van der Waals surface area contributed by atoms with Crippen molar-refractivity contribution < 1.29 is 14.3 Å². The van der Waals surface area contributed by atoms with Gasteiger partial charge in [0.15, 0.2) is 11.5 Å². The van der Waals surface area contributed by atoms with E-state index < -0.39 is 5.91 Å². The fraction of sp³-hybridized carbons (Fsp3) is 0.200. The summed E-state index contributed by atoms with van der Waals surface area (Å²) in [6.07, 6.45) is 0.